The Morgan fingerprint density at radius 1 is 1.39 bits per heavy atom. The summed E-state index contributed by atoms with van der Waals surface area (Å²) < 4.78 is 5.09. The Kier molecular flexibility index (Phi) is 5.62. The molecule has 100 valence electrons. The van der Waals surface area contributed by atoms with Crippen LogP contribution in [-0.2, 0) is 11.2 Å². The molecule has 1 amide bonds. The van der Waals surface area contributed by atoms with Crippen LogP contribution in [0, 0.1) is 0 Å². The molecule has 0 saturated carbocycles. The van der Waals surface area contributed by atoms with Crippen molar-refractivity contribution < 1.29 is 9.53 Å². The summed E-state index contributed by atoms with van der Waals surface area (Å²) in [4.78, 5) is 15.4. The lowest BCUT2D eigenvalue weighted by molar-refractivity contribution is 0.135. The van der Waals surface area contributed by atoms with Gasteiger partial charge in [0.05, 0.1) is 6.61 Å². The standard InChI is InChI=1S/C14H22N2O2/c1-14(2,3)16-13(17)18-10-5-4-7-12-8-6-9-15-11-12/h6,8-9,11H,4-5,7,10H2,1-3H3,(H,16,17). The molecule has 4 heteroatoms. The summed E-state index contributed by atoms with van der Waals surface area (Å²) in [5, 5.41) is 2.76. The molecule has 1 N–H and O–H groups in total. The molecule has 1 rings (SSSR count). The van der Waals surface area contributed by atoms with Crippen LogP contribution in [0.1, 0.15) is 39.2 Å². The van der Waals surface area contributed by atoms with Crippen molar-refractivity contribution in [3.05, 3.63) is 30.1 Å². The third kappa shape index (κ3) is 6.89. The van der Waals surface area contributed by atoms with Gasteiger partial charge < -0.3 is 10.1 Å². The number of aryl methyl sites for hydroxylation is 1. The average Bonchev–Trinajstić information content (AvgIpc) is 2.27. The maximum Gasteiger partial charge on any atom is 0.407 e. The van der Waals surface area contributed by atoms with Crippen LogP contribution in [0.3, 0.4) is 0 Å². The van der Waals surface area contributed by atoms with Gasteiger partial charge in [-0.3, -0.25) is 4.98 Å². The third-order valence-corrected chi connectivity index (χ3v) is 2.29. The topological polar surface area (TPSA) is 51.2 Å². The second kappa shape index (κ2) is 6.99. The number of hydrogen-bond donors (Lipinski definition) is 1. The SMILES string of the molecule is CC(C)(C)NC(=O)OCCCCc1cccnc1. The minimum absolute atomic E-state index is 0.243. The number of aromatic nitrogens is 1. The molecule has 0 aliphatic carbocycles. The molecule has 1 aromatic heterocycles. The molecule has 0 spiro atoms. The lowest BCUT2D eigenvalue weighted by atomic mass is 10.1. The van der Waals surface area contributed by atoms with E-state index in [4.69, 9.17) is 4.74 Å². The van der Waals surface area contributed by atoms with E-state index in [0.717, 1.165) is 19.3 Å². The molecule has 1 heterocycles. The van der Waals surface area contributed by atoms with E-state index < -0.39 is 0 Å². The van der Waals surface area contributed by atoms with Crippen LogP contribution in [0.4, 0.5) is 4.79 Å². The Morgan fingerprint density at radius 3 is 2.78 bits per heavy atom. The summed E-state index contributed by atoms with van der Waals surface area (Å²) in [6.45, 7) is 6.24. The van der Waals surface area contributed by atoms with E-state index in [1.807, 2.05) is 33.0 Å². The fraction of sp³-hybridized carbons (Fsp3) is 0.571. The van der Waals surface area contributed by atoms with Gasteiger partial charge in [0.25, 0.3) is 0 Å². The number of rotatable bonds is 5. The van der Waals surface area contributed by atoms with E-state index in [-0.39, 0.29) is 11.6 Å². The van der Waals surface area contributed by atoms with Gasteiger partial charge in [-0.25, -0.2) is 4.79 Å². The van der Waals surface area contributed by atoms with E-state index in [1.165, 1.54) is 5.56 Å². The van der Waals surface area contributed by atoms with E-state index in [2.05, 4.69) is 16.4 Å². The molecule has 0 radical (unpaired) electrons. The van der Waals surface area contributed by atoms with Crippen LogP contribution in [-0.4, -0.2) is 23.2 Å². The first-order chi connectivity index (χ1) is 8.47. The van der Waals surface area contributed by atoms with Crippen molar-refractivity contribution in [1.82, 2.24) is 10.3 Å². The molecule has 0 saturated heterocycles. The van der Waals surface area contributed by atoms with Gasteiger partial charge in [0.15, 0.2) is 0 Å². The fourth-order valence-corrected chi connectivity index (χ4v) is 1.48. The van der Waals surface area contributed by atoms with E-state index in [0.29, 0.717) is 6.61 Å². The van der Waals surface area contributed by atoms with E-state index in [1.54, 1.807) is 6.20 Å². The number of nitrogens with zero attached hydrogens (tertiary/aromatic N) is 1. The predicted octanol–water partition coefficient (Wildman–Crippen LogP) is 2.93. The van der Waals surface area contributed by atoms with Gasteiger partial charge in [0.1, 0.15) is 0 Å². The number of pyridine rings is 1. The van der Waals surface area contributed by atoms with Crippen LogP contribution < -0.4 is 5.32 Å². The number of carbonyl (C=O) groups excluding carboxylic acids is 1. The molecule has 0 atom stereocenters. The van der Waals surface area contributed by atoms with Crippen molar-refractivity contribution >= 4 is 6.09 Å². The van der Waals surface area contributed by atoms with Crippen LogP contribution in [0.2, 0.25) is 0 Å². The minimum Gasteiger partial charge on any atom is -0.450 e. The van der Waals surface area contributed by atoms with Gasteiger partial charge in [-0.2, -0.15) is 0 Å². The van der Waals surface area contributed by atoms with Crippen molar-refractivity contribution in [1.29, 1.82) is 0 Å². The lowest BCUT2D eigenvalue weighted by Gasteiger charge is -2.19. The quantitative estimate of drug-likeness (QED) is 0.817. The van der Waals surface area contributed by atoms with E-state index in [9.17, 15) is 4.79 Å². The molecule has 0 unspecified atom stereocenters. The normalized spacial score (nSPS) is 11.1. The zero-order valence-corrected chi connectivity index (χ0v) is 11.4. The van der Waals surface area contributed by atoms with Crippen LogP contribution in [0.25, 0.3) is 0 Å². The highest BCUT2D eigenvalue weighted by Crippen LogP contribution is 2.04. The first-order valence-electron chi connectivity index (χ1n) is 6.31. The Morgan fingerprint density at radius 2 is 2.17 bits per heavy atom. The fourth-order valence-electron chi connectivity index (χ4n) is 1.48. The third-order valence-electron chi connectivity index (χ3n) is 2.29. The lowest BCUT2D eigenvalue weighted by Crippen LogP contribution is -2.41. The molecule has 0 fully saturated rings. The summed E-state index contributed by atoms with van der Waals surface area (Å²) in [6, 6.07) is 3.99. The van der Waals surface area contributed by atoms with Gasteiger partial charge in [0, 0.05) is 17.9 Å². The first kappa shape index (κ1) is 14.5. The highest BCUT2D eigenvalue weighted by molar-refractivity contribution is 5.67. The highest BCUT2D eigenvalue weighted by Gasteiger charge is 2.13. The summed E-state index contributed by atoms with van der Waals surface area (Å²) >= 11 is 0. The van der Waals surface area contributed by atoms with Crippen molar-refractivity contribution in [2.45, 2.75) is 45.6 Å². The maximum absolute atomic E-state index is 11.3. The Balaban J connectivity index is 2.07. The molecular formula is C14H22N2O2. The van der Waals surface area contributed by atoms with E-state index >= 15 is 0 Å². The first-order valence-corrected chi connectivity index (χ1v) is 6.31. The number of unbranched alkanes of at least 4 members (excludes halogenated alkanes) is 1. The van der Waals surface area contributed by atoms with Crippen molar-refractivity contribution in [2.24, 2.45) is 0 Å². The number of carbonyl (C=O) groups is 1. The second-order valence-electron chi connectivity index (χ2n) is 5.33. The zero-order chi connectivity index (χ0) is 13.4. The summed E-state index contributed by atoms with van der Waals surface area (Å²) in [6.07, 6.45) is 6.12. The molecule has 1 aromatic rings. The van der Waals surface area contributed by atoms with Gasteiger partial charge in [-0.05, 0) is 51.7 Å². The number of amides is 1. The minimum atomic E-state index is -0.344. The highest BCUT2D eigenvalue weighted by atomic mass is 16.5. The van der Waals surface area contributed by atoms with Crippen LogP contribution in [0.15, 0.2) is 24.5 Å². The molecule has 0 bridgehead atoms. The predicted molar refractivity (Wildman–Crippen MR) is 71.4 cm³/mol. The smallest absolute Gasteiger partial charge is 0.407 e. The van der Waals surface area contributed by atoms with Gasteiger partial charge in [-0.1, -0.05) is 6.07 Å². The Bertz CT molecular complexity index is 358. The largest absolute Gasteiger partial charge is 0.450 e. The van der Waals surface area contributed by atoms with Crippen molar-refractivity contribution in [3.8, 4) is 0 Å². The molecule has 4 nitrogen and oxygen atoms in total. The number of nitrogens with one attached hydrogen (secondary N) is 1. The number of alkyl carbamates (subject to hydrolysis) is 1. The number of ether oxygens (including phenoxy) is 1. The molecular weight excluding hydrogens is 228 g/mol. The van der Waals surface area contributed by atoms with Gasteiger partial charge in [-0.15, -0.1) is 0 Å². The van der Waals surface area contributed by atoms with Crippen molar-refractivity contribution in [3.63, 3.8) is 0 Å². The molecule has 0 aromatic carbocycles. The molecule has 18 heavy (non-hydrogen) atoms. The average molecular weight is 250 g/mol. The monoisotopic (exact) mass is 250 g/mol. The zero-order valence-electron chi connectivity index (χ0n) is 11.4. The molecule has 0 aliphatic heterocycles. The maximum atomic E-state index is 11.3. The Labute approximate surface area is 109 Å². The summed E-state index contributed by atoms with van der Waals surface area (Å²) in [7, 11) is 0. The van der Waals surface area contributed by atoms with Crippen molar-refractivity contribution in [2.75, 3.05) is 6.61 Å². The van der Waals surface area contributed by atoms with Gasteiger partial charge in [0.2, 0.25) is 0 Å². The van der Waals surface area contributed by atoms with Crippen LogP contribution in [0.5, 0.6) is 0 Å². The summed E-state index contributed by atoms with van der Waals surface area (Å²) in [5.74, 6) is 0. The summed E-state index contributed by atoms with van der Waals surface area (Å²) in [5.41, 5.74) is 0.976. The van der Waals surface area contributed by atoms with Gasteiger partial charge >= 0.3 is 6.09 Å². The number of hydrogen-bond acceptors (Lipinski definition) is 3. The van der Waals surface area contributed by atoms with Crippen LogP contribution >= 0.6 is 0 Å². The molecule has 0 aliphatic rings. The Hall–Kier alpha value is -1.58. The second-order valence-corrected chi connectivity index (χ2v) is 5.33.